The van der Waals surface area contributed by atoms with Gasteiger partial charge in [0.05, 0.1) is 23.4 Å². The number of nitrogen functional groups attached to an aromatic ring is 1. The number of nitriles is 1. The minimum atomic E-state index is -0.664. The largest absolute Gasteiger partial charge is 0.383 e. The number of aromatic nitrogens is 2. The van der Waals surface area contributed by atoms with E-state index in [4.69, 9.17) is 5.73 Å². The second-order valence-electron chi connectivity index (χ2n) is 7.93. The first-order valence-electron chi connectivity index (χ1n) is 8.74. The van der Waals surface area contributed by atoms with Gasteiger partial charge < -0.3 is 5.73 Å². The summed E-state index contributed by atoms with van der Waals surface area (Å²) in [4.78, 5) is 2.39. The summed E-state index contributed by atoms with van der Waals surface area (Å²) in [5.74, 6) is 0.0419. The standard InChI is InChI=1S/C19H22Br2FN5/c1-18(2,3)26-6-4-19(11-23,5-7-26)13-10-25-27(17(13)24)16-14(20)8-12(22)9-15(16)21/h8-10H,4-7,24H2,1-3H3. The average Bonchev–Trinajstić information content (AvgIpc) is 2.95. The Kier molecular flexibility index (Phi) is 5.41. The van der Waals surface area contributed by atoms with Crippen LogP contribution in [0.15, 0.2) is 27.3 Å². The van der Waals surface area contributed by atoms with Gasteiger partial charge in [0, 0.05) is 33.1 Å². The van der Waals surface area contributed by atoms with Crippen LogP contribution < -0.4 is 5.73 Å². The molecule has 1 aromatic heterocycles. The zero-order valence-electron chi connectivity index (χ0n) is 15.6. The summed E-state index contributed by atoms with van der Waals surface area (Å²) in [5.41, 5.74) is 7.18. The zero-order valence-corrected chi connectivity index (χ0v) is 18.7. The fourth-order valence-electron chi connectivity index (χ4n) is 3.64. The lowest BCUT2D eigenvalue weighted by Crippen LogP contribution is -2.50. The van der Waals surface area contributed by atoms with Gasteiger partial charge in [-0.15, -0.1) is 0 Å². The Labute approximate surface area is 175 Å². The molecule has 1 aliphatic heterocycles. The van der Waals surface area contributed by atoms with Crippen molar-refractivity contribution in [1.29, 1.82) is 5.26 Å². The first kappa shape index (κ1) is 20.3. The maximum Gasteiger partial charge on any atom is 0.132 e. The summed E-state index contributed by atoms with van der Waals surface area (Å²) in [6.07, 6.45) is 3.07. The van der Waals surface area contributed by atoms with Crippen LogP contribution in [0.25, 0.3) is 5.69 Å². The van der Waals surface area contributed by atoms with Gasteiger partial charge in [0.1, 0.15) is 11.6 Å². The van der Waals surface area contributed by atoms with Gasteiger partial charge in [-0.3, -0.25) is 4.90 Å². The third-order valence-corrected chi connectivity index (χ3v) is 6.50. The predicted molar refractivity (Wildman–Crippen MR) is 111 cm³/mol. The molecule has 3 rings (SSSR count). The molecule has 1 saturated heterocycles. The van der Waals surface area contributed by atoms with E-state index < -0.39 is 5.41 Å². The number of hydrogen-bond acceptors (Lipinski definition) is 4. The highest BCUT2D eigenvalue weighted by atomic mass is 79.9. The van der Waals surface area contributed by atoms with E-state index in [9.17, 15) is 9.65 Å². The fourth-order valence-corrected chi connectivity index (χ4v) is 5.11. The maximum absolute atomic E-state index is 13.6. The third-order valence-electron chi connectivity index (χ3n) is 5.30. The molecule has 144 valence electrons. The monoisotopic (exact) mass is 497 g/mol. The van der Waals surface area contributed by atoms with Crippen molar-refractivity contribution in [3.63, 3.8) is 0 Å². The Hall–Kier alpha value is -1.43. The van der Waals surface area contributed by atoms with Gasteiger partial charge in [-0.25, -0.2) is 9.07 Å². The molecule has 0 atom stereocenters. The van der Waals surface area contributed by atoms with Crippen LogP contribution in [0.2, 0.25) is 0 Å². The van der Waals surface area contributed by atoms with E-state index in [-0.39, 0.29) is 11.4 Å². The molecule has 0 radical (unpaired) electrons. The second kappa shape index (κ2) is 7.19. The van der Waals surface area contributed by atoms with Crippen LogP contribution >= 0.6 is 31.9 Å². The molecule has 1 aliphatic rings. The summed E-state index contributed by atoms with van der Waals surface area (Å²) in [5, 5.41) is 14.4. The van der Waals surface area contributed by atoms with E-state index in [1.54, 1.807) is 10.9 Å². The third kappa shape index (κ3) is 3.65. The molecule has 27 heavy (non-hydrogen) atoms. The zero-order chi connectivity index (χ0) is 20.0. The smallest absolute Gasteiger partial charge is 0.132 e. The lowest BCUT2D eigenvalue weighted by atomic mass is 9.74. The minimum Gasteiger partial charge on any atom is -0.383 e. The number of halogens is 3. The number of nitrogens with two attached hydrogens (primary N) is 1. The molecule has 0 spiro atoms. The van der Waals surface area contributed by atoms with Crippen molar-refractivity contribution in [3.8, 4) is 11.8 Å². The van der Waals surface area contributed by atoms with Gasteiger partial charge in [-0.2, -0.15) is 10.4 Å². The SMILES string of the molecule is CC(C)(C)N1CCC(C#N)(c2cnn(-c3c(Br)cc(F)cc3Br)c2N)CC1. The van der Waals surface area contributed by atoms with Gasteiger partial charge in [0.15, 0.2) is 0 Å². The minimum absolute atomic E-state index is 0.0706. The normalized spacial score (nSPS) is 17.7. The van der Waals surface area contributed by atoms with Crippen LogP contribution in [0.5, 0.6) is 0 Å². The first-order valence-corrected chi connectivity index (χ1v) is 10.3. The predicted octanol–water partition coefficient (Wildman–Crippen LogP) is 4.77. The van der Waals surface area contributed by atoms with Gasteiger partial charge in [-0.05, 0) is 77.6 Å². The second-order valence-corrected chi connectivity index (χ2v) is 9.63. The summed E-state index contributed by atoms with van der Waals surface area (Å²) < 4.78 is 16.2. The van der Waals surface area contributed by atoms with Crippen molar-refractivity contribution >= 4 is 37.7 Å². The van der Waals surface area contributed by atoms with Crippen LogP contribution in [-0.4, -0.2) is 33.3 Å². The maximum atomic E-state index is 13.6. The molecule has 8 heteroatoms. The highest BCUT2D eigenvalue weighted by molar-refractivity contribution is 9.11. The van der Waals surface area contributed by atoms with E-state index in [0.29, 0.717) is 33.3 Å². The summed E-state index contributed by atoms with van der Waals surface area (Å²) in [6.45, 7) is 8.20. The summed E-state index contributed by atoms with van der Waals surface area (Å²) in [7, 11) is 0. The molecule has 1 aromatic carbocycles. The van der Waals surface area contributed by atoms with Crippen molar-refractivity contribution in [2.75, 3.05) is 18.8 Å². The van der Waals surface area contributed by atoms with Crippen molar-refractivity contribution < 1.29 is 4.39 Å². The topological polar surface area (TPSA) is 70.9 Å². The Bertz CT molecular complexity index is 879. The summed E-state index contributed by atoms with van der Waals surface area (Å²) in [6, 6.07) is 5.23. The van der Waals surface area contributed by atoms with E-state index in [1.807, 2.05) is 0 Å². The van der Waals surface area contributed by atoms with Crippen LogP contribution in [0, 0.1) is 17.1 Å². The Balaban J connectivity index is 1.99. The first-order chi connectivity index (χ1) is 12.6. The Morgan fingerprint density at radius 1 is 1.22 bits per heavy atom. The van der Waals surface area contributed by atoms with Gasteiger partial charge >= 0.3 is 0 Å². The highest BCUT2D eigenvalue weighted by Gasteiger charge is 2.41. The van der Waals surface area contributed by atoms with Gasteiger partial charge in [0.2, 0.25) is 0 Å². The van der Waals surface area contributed by atoms with E-state index >= 15 is 0 Å². The highest BCUT2D eigenvalue weighted by Crippen LogP contribution is 2.41. The molecule has 5 nitrogen and oxygen atoms in total. The number of anilines is 1. The molecule has 0 bridgehead atoms. The van der Waals surface area contributed by atoms with Crippen LogP contribution in [-0.2, 0) is 5.41 Å². The Morgan fingerprint density at radius 3 is 2.26 bits per heavy atom. The number of likely N-dealkylation sites (tertiary alicyclic amines) is 1. The quantitative estimate of drug-likeness (QED) is 0.647. The number of nitrogens with zero attached hydrogens (tertiary/aromatic N) is 4. The van der Waals surface area contributed by atoms with Gasteiger partial charge in [0.25, 0.3) is 0 Å². The van der Waals surface area contributed by atoms with E-state index in [0.717, 1.165) is 18.7 Å². The molecular formula is C19H22Br2FN5. The number of rotatable bonds is 2. The molecular weight excluding hydrogens is 477 g/mol. The lowest BCUT2D eigenvalue weighted by Gasteiger charge is -2.43. The molecule has 2 aromatic rings. The van der Waals surface area contributed by atoms with Gasteiger partial charge in [-0.1, -0.05) is 0 Å². The van der Waals surface area contributed by atoms with E-state index in [1.165, 1.54) is 12.1 Å². The molecule has 0 unspecified atom stereocenters. The van der Waals surface area contributed by atoms with Crippen LogP contribution in [0.3, 0.4) is 0 Å². The van der Waals surface area contributed by atoms with E-state index in [2.05, 4.69) is 68.7 Å². The molecule has 0 saturated carbocycles. The molecule has 1 fully saturated rings. The number of piperidine rings is 1. The molecule has 0 aliphatic carbocycles. The van der Waals surface area contributed by atoms with Crippen molar-refractivity contribution in [2.24, 2.45) is 0 Å². The molecule has 0 amide bonds. The lowest BCUT2D eigenvalue weighted by molar-refractivity contribution is 0.0886. The molecule has 2 N–H and O–H groups in total. The summed E-state index contributed by atoms with van der Waals surface area (Å²) >= 11 is 6.75. The van der Waals surface area contributed by atoms with Crippen molar-refractivity contribution in [3.05, 3.63) is 38.7 Å². The fraction of sp³-hybridized carbons (Fsp3) is 0.474. The Morgan fingerprint density at radius 2 is 1.78 bits per heavy atom. The van der Waals surface area contributed by atoms with Crippen LogP contribution in [0.1, 0.15) is 39.2 Å². The average molecular weight is 499 g/mol. The van der Waals surface area contributed by atoms with Crippen LogP contribution in [0.4, 0.5) is 10.2 Å². The number of benzene rings is 1. The van der Waals surface area contributed by atoms with Crippen molar-refractivity contribution in [2.45, 2.75) is 44.6 Å². The number of hydrogen-bond donors (Lipinski definition) is 1. The molecule has 2 heterocycles. The van der Waals surface area contributed by atoms with Crippen molar-refractivity contribution in [1.82, 2.24) is 14.7 Å².